The van der Waals surface area contributed by atoms with Crippen LogP contribution in [-0.4, -0.2) is 26.0 Å². The quantitative estimate of drug-likeness (QED) is 0.177. The molecule has 1 nitrogen and oxygen atoms in total. The normalized spacial score (nSPS) is 10.9. The summed E-state index contributed by atoms with van der Waals surface area (Å²) in [5, 5.41) is 0. The molecule has 0 spiro atoms. The predicted octanol–water partition coefficient (Wildman–Crippen LogP) is 5.89. The SMILES string of the molecule is Cc1cc[c]([Sb]([c]2ccc(Sc3ccccc3)cc2)[c]2ccc(C(=O)c3ccccc3)cc2)cc1. The van der Waals surface area contributed by atoms with E-state index in [1.54, 1.807) is 11.8 Å². The van der Waals surface area contributed by atoms with Crippen molar-refractivity contribution in [3.05, 3.63) is 150 Å². The molecule has 5 aromatic rings. The summed E-state index contributed by atoms with van der Waals surface area (Å²) >= 11 is -0.460. The summed E-state index contributed by atoms with van der Waals surface area (Å²) in [6, 6.07) is 46.4. The zero-order valence-corrected chi connectivity index (χ0v) is 22.8. The van der Waals surface area contributed by atoms with Gasteiger partial charge in [0.25, 0.3) is 0 Å². The first-order chi connectivity index (χ1) is 17.2. The molecular weight excluding hydrogens is 554 g/mol. The van der Waals surface area contributed by atoms with Crippen LogP contribution < -0.4 is 10.5 Å². The maximum atomic E-state index is 12.9. The van der Waals surface area contributed by atoms with Gasteiger partial charge in [-0.3, -0.25) is 0 Å². The van der Waals surface area contributed by atoms with Crippen molar-refractivity contribution >= 4 is 48.3 Å². The van der Waals surface area contributed by atoms with Crippen molar-refractivity contribution in [1.82, 2.24) is 0 Å². The molecule has 5 rings (SSSR count). The molecule has 0 aliphatic rings. The molecule has 0 fully saturated rings. The number of ketones is 1. The molecule has 3 heteroatoms. The van der Waals surface area contributed by atoms with Crippen molar-refractivity contribution in [3.63, 3.8) is 0 Å². The van der Waals surface area contributed by atoms with Gasteiger partial charge in [-0.2, -0.15) is 0 Å². The van der Waals surface area contributed by atoms with Crippen molar-refractivity contribution in [2.24, 2.45) is 0 Å². The van der Waals surface area contributed by atoms with Crippen LogP contribution in [0.15, 0.2) is 143 Å². The van der Waals surface area contributed by atoms with E-state index in [0.29, 0.717) is 0 Å². The second-order valence-electron chi connectivity index (χ2n) is 8.32. The second-order valence-corrected chi connectivity index (χ2v) is 15.8. The van der Waals surface area contributed by atoms with Crippen LogP contribution in [0.3, 0.4) is 0 Å². The number of benzene rings is 5. The van der Waals surface area contributed by atoms with Gasteiger partial charge in [-0.25, -0.2) is 0 Å². The van der Waals surface area contributed by atoms with Gasteiger partial charge in [0.1, 0.15) is 0 Å². The Kier molecular flexibility index (Phi) is 7.52. The number of carbonyl (C=O) groups excluding carboxylic acids is 1. The van der Waals surface area contributed by atoms with Crippen LogP contribution in [-0.2, 0) is 0 Å². The third kappa shape index (κ3) is 5.78. The maximum absolute atomic E-state index is 12.9. The number of hydrogen-bond donors (Lipinski definition) is 0. The summed E-state index contributed by atoms with van der Waals surface area (Å²) in [6.45, 7) is 2.13. The van der Waals surface area contributed by atoms with Crippen LogP contribution in [0.1, 0.15) is 21.5 Å². The van der Waals surface area contributed by atoms with Crippen LogP contribution in [0.2, 0.25) is 0 Å². The topological polar surface area (TPSA) is 17.1 Å². The third-order valence-corrected chi connectivity index (χ3v) is 13.8. The molecular formula is C32H25OSSb. The van der Waals surface area contributed by atoms with Crippen molar-refractivity contribution in [1.29, 1.82) is 0 Å². The van der Waals surface area contributed by atoms with Crippen molar-refractivity contribution in [3.8, 4) is 0 Å². The number of hydrogen-bond acceptors (Lipinski definition) is 2. The Morgan fingerprint density at radius 1 is 0.514 bits per heavy atom. The molecule has 0 amide bonds. The van der Waals surface area contributed by atoms with Gasteiger partial charge in [0, 0.05) is 0 Å². The minimum absolute atomic E-state index is 0.0679. The van der Waals surface area contributed by atoms with Crippen LogP contribution in [0.5, 0.6) is 0 Å². The zero-order chi connectivity index (χ0) is 24.0. The molecule has 0 aliphatic heterocycles. The number of rotatable bonds is 7. The van der Waals surface area contributed by atoms with Gasteiger partial charge in [0.2, 0.25) is 0 Å². The third-order valence-electron chi connectivity index (χ3n) is 5.79. The average Bonchev–Trinajstić information content (AvgIpc) is 2.92. The molecule has 0 radical (unpaired) electrons. The van der Waals surface area contributed by atoms with E-state index in [1.807, 2.05) is 48.5 Å². The van der Waals surface area contributed by atoms with Gasteiger partial charge in [-0.15, -0.1) is 0 Å². The Bertz CT molecular complexity index is 1400. The molecule has 0 bridgehead atoms. The van der Waals surface area contributed by atoms with Gasteiger partial charge in [0.05, 0.1) is 0 Å². The molecule has 0 unspecified atom stereocenters. The first kappa shape index (κ1) is 23.7. The van der Waals surface area contributed by atoms with Crippen LogP contribution >= 0.6 is 11.8 Å². The fourth-order valence-corrected chi connectivity index (χ4v) is 11.2. The Labute approximate surface area is 218 Å². The summed E-state index contributed by atoms with van der Waals surface area (Å²) < 4.78 is 4.19. The Morgan fingerprint density at radius 2 is 0.943 bits per heavy atom. The van der Waals surface area contributed by atoms with E-state index < -0.39 is 20.2 Å². The monoisotopic (exact) mass is 578 g/mol. The number of carbonyl (C=O) groups is 1. The van der Waals surface area contributed by atoms with E-state index in [9.17, 15) is 4.79 Å². The standard InChI is InChI=1S/C13H9O.C12H9S.C7H7.Sb/c14-13(11-7-3-1-4-8-11)12-9-5-2-6-10-12;1-3-7-11(8-4-1)13-12-9-5-2-6-10-12;1-7-5-3-2-4-6-7;/h1,3-10H;1,3-10H;3-6H,1H3;. The first-order valence-corrected chi connectivity index (χ1v) is 16.2. The summed E-state index contributed by atoms with van der Waals surface area (Å²) in [5.74, 6) is 0.0679. The van der Waals surface area contributed by atoms with Crippen LogP contribution in [0, 0.1) is 6.92 Å². The molecule has 35 heavy (non-hydrogen) atoms. The van der Waals surface area contributed by atoms with Gasteiger partial charge >= 0.3 is 220 Å². The van der Waals surface area contributed by atoms with E-state index in [2.05, 4.69) is 91.9 Å². The molecule has 0 heterocycles. The van der Waals surface area contributed by atoms with Gasteiger partial charge in [-0.05, 0) is 0 Å². The van der Waals surface area contributed by atoms with E-state index in [-0.39, 0.29) is 5.78 Å². The first-order valence-electron chi connectivity index (χ1n) is 11.6. The van der Waals surface area contributed by atoms with E-state index in [0.717, 1.165) is 11.1 Å². The summed E-state index contributed by atoms with van der Waals surface area (Å²) in [7, 11) is 0. The van der Waals surface area contributed by atoms with E-state index >= 15 is 0 Å². The summed E-state index contributed by atoms with van der Waals surface area (Å²) in [4.78, 5) is 15.4. The molecule has 0 saturated carbocycles. The van der Waals surface area contributed by atoms with E-state index in [1.165, 1.54) is 25.9 Å². The summed E-state index contributed by atoms with van der Waals surface area (Å²) in [5.41, 5.74) is 2.73. The Balaban J connectivity index is 1.46. The molecule has 0 saturated heterocycles. The molecule has 170 valence electrons. The summed E-state index contributed by atoms with van der Waals surface area (Å²) in [6.07, 6.45) is 0. The van der Waals surface area contributed by atoms with Crippen molar-refractivity contribution in [2.75, 3.05) is 0 Å². The van der Waals surface area contributed by atoms with Crippen molar-refractivity contribution < 1.29 is 4.79 Å². The van der Waals surface area contributed by atoms with Crippen molar-refractivity contribution in [2.45, 2.75) is 16.7 Å². The van der Waals surface area contributed by atoms with Gasteiger partial charge in [0.15, 0.2) is 0 Å². The Hall–Kier alpha value is -3.06. The van der Waals surface area contributed by atoms with Crippen LogP contribution in [0.4, 0.5) is 0 Å². The van der Waals surface area contributed by atoms with Gasteiger partial charge < -0.3 is 0 Å². The van der Waals surface area contributed by atoms with Crippen LogP contribution in [0.25, 0.3) is 0 Å². The zero-order valence-electron chi connectivity index (χ0n) is 19.5. The van der Waals surface area contributed by atoms with E-state index in [4.69, 9.17) is 0 Å². The second kappa shape index (κ2) is 11.1. The fraction of sp³-hybridized carbons (Fsp3) is 0.0312. The molecule has 0 atom stereocenters. The fourth-order valence-electron chi connectivity index (χ4n) is 3.95. The minimum atomic E-state index is -2.25. The Morgan fingerprint density at radius 3 is 1.51 bits per heavy atom. The predicted molar refractivity (Wildman–Crippen MR) is 149 cm³/mol. The molecule has 5 aromatic carbocycles. The molecule has 0 aliphatic carbocycles. The molecule has 0 N–H and O–H groups in total. The average molecular weight is 579 g/mol. The number of aryl methyl sites for hydroxylation is 1. The van der Waals surface area contributed by atoms with Gasteiger partial charge in [-0.1, -0.05) is 0 Å². The molecule has 0 aromatic heterocycles.